The van der Waals surface area contributed by atoms with Gasteiger partial charge in [0.1, 0.15) is 0 Å². The van der Waals surface area contributed by atoms with Gasteiger partial charge in [-0.2, -0.15) is 11.8 Å². The zero-order valence-electron chi connectivity index (χ0n) is 14.5. The Labute approximate surface area is 146 Å². The van der Waals surface area contributed by atoms with Gasteiger partial charge in [0, 0.05) is 16.9 Å². The number of aliphatic carboxylic acids is 1. The Hall–Kier alpha value is -0.180. The minimum absolute atomic E-state index is 0.355. The van der Waals surface area contributed by atoms with Crippen LogP contribution < -0.4 is 0 Å². The van der Waals surface area contributed by atoms with Crippen LogP contribution >= 0.6 is 11.8 Å². The van der Waals surface area contributed by atoms with Gasteiger partial charge in [0.2, 0.25) is 0 Å². The van der Waals surface area contributed by atoms with Crippen molar-refractivity contribution in [2.75, 3.05) is 0 Å². The molecule has 0 aromatic heterocycles. The average Bonchev–Trinajstić information content (AvgIpc) is 3.14. The van der Waals surface area contributed by atoms with Crippen LogP contribution in [-0.4, -0.2) is 21.6 Å². The summed E-state index contributed by atoms with van der Waals surface area (Å²) in [4.78, 5) is 10.6. The molecule has 0 radical (unpaired) electrons. The van der Waals surface area contributed by atoms with Crippen LogP contribution in [0.15, 0.2) is 0 Å². The standard InChI is InChI=1S/C20H34O2S/c21-19(22)11-7-2-1-6-10-18-15-12-13-16(14-15)20(18)23-17-8-4-3-5-9-17/h15-18,20H,1-14H2,(H,21,22). The Bertz CT molecular complexity index is 378. The molecule has 23 heavy (non-hydrogen) atoms. The van der Waals surface area contributed by atoms with Crippen LogP contribution in [0.25, 0.3) is 0 Å². The Balaban J connectivity index is 1.40. The SMILES string of the molecule is O=C(O)CCCCCCC1C2CCC(C2)C1SC1CCCCC1. The van der Waals surface area contributed by atoms with Gasteiger partial charge >= 0.3 is 5.97 Å². The van der Waals surface area contributed by atoms with E-state index in [1.54, 1.807) is 0 Å². The third-order valence-corrected chi connectivity index (χ3v) is 8.49. The maximum atomic E-state index is 10.6. The van der Waals surface area contributed by atoms with Gasteiger partial charge in [-0.15, -0.1) is 0 Å². The van der Waals surface area contributed by atoms with Gasteiger partial charge in [0.05, 0.1) is 0 Å². The van der Waals surface area contributed by atoms with Crippen LogP contribution in [0.3, 0.4) is 0 Å². The molecule has 3 fully saturated rings. The summed E-state index contributed by atoms with van der Waals surface area (Å²) < 4.78 is 0. The summed E-state index contributed by atoms with van der Waals surface area (Å²) in [6.45, 7) is 0. The molecule has 1 N–H and O–H groups in total. The number of rotatable bonds is 9. The fraction of sp³-hybridized carbons (Fsp3) is 0.950. The Morgan fingerprint density at radius 3 is 2.43 bits per heavy atom. The predicted molar refractivity (Wildman–Crippen MR) is 97.9 cm³/mol. The quantitative estimate of drug-likeness (QED) is 0.532. The van der Waals surface area contributed by atoms with Crippen LogP contribution in [0, 0.1) is 17.8 Å². The molecule has 3 heteroatoms. The molecule has 4 unspecified atom stereocenters. The minimum Gasteiger partial charge on any atom is -0.481 e. The van der Waals surface area contributed by atoms with Crippen molar-refractivity contribution in [2.45, 2.75) is 100 Å². The summed E-state index contributed by atoms with van der Waals surface area (Å²) in [5, 5.41) is 10.6. The van der Waals surface area contributed by atoms with Gasteiger partial charge in [-0.05, 0) is 62.7 Å². The highest BCUT2D eigenvalue weighted by molar-refractivity contribution is 8.00. The Morgan fingerprint density at radius 2 is 1.65 bits per heavy atom. The van der Waals surface area contributed by atoms with Crippen LogP contribution in [0.1, 0.15) is 89.9 Å². The summed E-state index contributed by atoms with van der Waals surface area (Å²) in [6.07, 6.45) is 18.2. The lowest BCUT2D eigenvalue weighted by Crippen LogP contribution is -2.27. The highest BCUT2D eigenvalue weighted by Crippen LogP contribution is 2.56. The number of carboxylic acid groups (broad SMARTS) is 1. The van der Waals surface area contributed by atoms with Crippen molar-refractivity contribution in [3.63, 3.8) is 0 Å². The monoisotopic (exact) mass is 338 g/mol. The summed E-state index contributed by atoms with van der Waals surface area (Å²) in [5.74, 6) is 2.41. The second-order valence-electron chi connectivity index (χ2n) is 8.20. The number of thioether (sulfide) groups is 1. The van der Waals surface area contributed by atoms with E-state index in [2.05, 4.69) is 11.8 Å². The number of hydrogen-bond donors (Lipinski definition) is 1. The number of unbranched alkanes of at least 4 members (excludes halogenated alkanes) is 3. The number of carboxylic acids is 1. The fourth-order valence-electron chi connectivity index (χ4n) is 5.40. The van der Waals surface area contributed by atoms with E-state index in [4.69, 9.17) is 5.11 Å². The average molecular weight is 339 g/mol. The molecule has 2 nitrogen and oxygen atoms in total. The molecule has 0 aromatic carbocycles. The molecule has 4 atom stereocenters. The van der Waals surface area contributed by atoms with Gasteiger partial charge < -0.3 is 5.11 Å². The number of fused-ring (bicyclic) bond motifs is 2. The fourth-order valence-corrected chi connectivity index (χ4v) is 7.48. The Kier molecular flexibility index (Phi) is 6.73. The zero-order chi connectivity index (χ0) is 16.1. The second-order valence-corrected chi connectivity index (χ2v) is 9.69. The molecule has 132 valence electrons. The van der Waals surface area contributed by atoms with E-state index in [0.29, 0.717) is 6.42 Å². The first-order chi connectivity index (χ1) is 11.2. The maximum absolute atomic E-state index is 10.6. The van der Waals surface area contributed by atoms with Crippen molar-refractivity contribution in [3.8, 4) is 0 Å². The maximum Gasteiger partial charge on any atom is 0.303 e. The first kappa shape index (κ1) is 17.6. The highest BCUT2D eigenvalue weighted by Gasteiger charge is 2.47. The first-order valence-electron chi connectivity index (χ1n) is 10.1. The van der Waals surface area contributed by atoms with Crippen molar-refractivity contribution >= 4 is 17.7 Å². The molecule has 0 saturated heterocycles. The third kappa shape index (κ3) is 4.90. The summed E-state index contributed by atoms with van der Waals surface area (Å²) in [5.41, 5.74) is 0. The van der Waals surface area contributed by atoms with Crippen molar-refractivity contribution in [2.24, 2.45) is 17.8 Å². The molecule has 3 aliphatic carbocycles. The zero-order valence-corrected chi connectivity index (χ0v) is 15.4. The van der Waals surface area contributed by atoms with Gasteiger partial charge in [-0.3, -0.25) is 4.79 Å². The summed E-state index contributed by atoms with van der Waals surface area (Å²) in [7, 11) is 0. The van der Waals surface area contributed by atoms with Crippen molar-refractivity contribution in [1.82, 2.24) is 0 Å². The molecule has 0 aromatic rings. The highest BCUT2D eigenvalue weighted by atomic mass is 32.2. The first-order valence-corrected chi connectivity index (χ1v) is 11.1. The predicted octanol–water partition coefficient (Wildman–Crippen LogP) is 5.89. The lowest BCUT2D eigenvalue weighted by Gasteiger charge is -2.34. The van der Waals surface area contributed by atoms with E-state index in [1.165, 1.54) is 70.6 Å². The van der Waals surface area contributed by atoms with Gasteiger partial charge in [-0.25, -0.2) is 0 Å². The number of hydrogen-bond acceptors (Lipinski definition) is 2. The smallest absolute Gasteiger partial charge is 0.303 e. The van der Waals surface area contributed by atoms with Gasteiger partial charge in [-0.1, -0.05) is 38.5 Å². The van der Waals surface area contributed by atoms with Gasteiger partial charge in [0.25, 0.3) is 0 Å². The van der Waals surface area contributed by atoms with E-state index in [0.717, 1.165) is 41.1 Å². The van der Waals surface area contributed by atoms with E-state index < -0.39 is 5.97 Å². The molecule has 0 amide bonds. The topological polar surface area (TPSA) is 37.3 Å². The van der Waals surface area contributed by atoms with E-state index >= 15 is 0 Å². The molecule has 3 aliphatic rings. The third-order valence-electron chi connectivity index (χ3n) is 6.59. The molecular formula is C20H34O2S. The molecular weight excluding hydrogens is 304 g/mol. The summed E-state index contributed by atoms with van der Waals surface area (Å²) in [6, 6.07) is 0. The van der Waals surface area contributed by atoms with Crippen LogP contribution in [0.4, 0.5) is 0 Å². The lowest BCUT2D eigenvalue weighted by atomic mass is 9.84. The Morgan fingerprint density at radius 1 is 0.913 bits per heavy atom. The minimum atomic E-state index is -0.637. The van der Waals surface area contributed by atoms with Crippen LogP contribution in [-0.2, 0) is 4.79 Å². The van der Waals surface area contributed by atoms with Crippen molar-refractivity contribution < 1.29 is 9.90 Å². The molecule has 3 rings (SSSR count). The molecule has 3 saturated carbocycles. The normalized spacial score (nSPS) is 34.1. The second kappa shape index (κ2) is 8.78. The van der Waals surface area contributed by atoms with Crippen LogP contribution in [0.5, 0.6) is 0 Å². The summed E-state index contributed by atoms with van der Waals surface area (Å²) >= 11 is 2.39. The molecule has 2 bridgehead atoms. The van der Waals surface area contributed by atoms with Crippen LogP contribution in [0.2, 0.25) is 0 Å². The lowest BCUT2D eigenvalue weighted by molar-refractivity contribution is -0.137. The molecule has 0 aliphatic heterocycles. The van der Waals surface area contributed by atoms with E-state index in [9.17, 15) is 4.79 Å². The largest absolute Gasteiger partial charge is 0.481 e. The van der Waals surface area contributed by atoms with E-state index in [-0.39, 0.29) is 0 Å². The van der Waals surface area contributed by atoms with Gasteiger partial charge in [0.15, 0.2) is 0 Å². The molecule has 0 heterocycles. The number of carbonyl (C=O) groups is 1. The van der Waals surface area contributed by atoms with Crippen molar-refractivity contribution in [3.05, 3.63) is 0 Å². The van der Waals surface area contributed by atoms with E-state index in [1.807, 2.05) is 0 Å². The van der Waals surface area contributed by atoms with Crippen molar-refractivity contribution in [1.29, 1.82) is 0 Å². The molecule has 0 spiro atoms.